The van der Waals surface area contributed by atoms with E-state index in [1.807, 2.05) is 13.1 Å². The number of nitrogens with one attached hydrogen (secondary N) is 1. The number of rotatable bonds is 4. The van der Waals surface area contributed by atoms with Crippen LogP contribution in [0, 0.1) is 6.92 Å². The number of nitrogens with zero attached hydrogens (tertiary/aromatic N) is 7. The molecule has 0 spiro atoms. The Morgan fingerprint density at radius 3 is 2.80 bits per heavy atom. The summed E-state index contributed by atoms with van der Waals surface area (Å²) in [5.74, 6) is 1.14. The number of carbonyl (C=O) groups is 1. The third-order valence-electron chi connectivity index (χ3n) is 7.08. The van der Waals surface area contributed by atoms with Crippen molar-refractivity contribution in [2.24, 2.45) is 4.99 Å². The van der Waals surface area contributed by atoms with Gasteiger partial charge in [-0.25, -0.2) is 9.97 Å². The first-order chi connectivity index (χ1) is 17.0. The molecule has 0 radical (unpaired) electrons. The Bertz CT molecular complexity index is 1480. The van der Waals surface area contributed by atoms with Gasteiger partial charge in [0.1, 0.15) is 18.1 Å². The van der Waals surface area contributed by atoms with Crippen molar-refractivity contribution in [3.8, 4) is 0 Å². The number of nitrogen functional groups attached to an aromatic ring is 1. The molecule has 0 aliphatic carbocycles. The van der Waals surface area contributed by atoms with Crippen LogP contribution in [-0.4, -0.2) is 77.0 Å². The summed E-state index contributed by atoms with van der Waals surface area (Å²) >= 11 is 0. The van der Waals surface area contributed by atoms with Crippen molar-refractivity contribution in [3.05, 3.63) is 47.8 Å². The van der Waals surface area contributed by atoms with E-state index in [0.717, 1.165) is 52.1 Å². The maximum Gasteiger partial charge on any atom is 0.248 e. The number of allylic oxidation sites excluding steroid dienone is 1. The summed E-state index contributed by atoms with van der Waals surface area (Å²) in [5.41, 5.74) is 12.1. The van der Waals surface area contributed by atoms with E-state index in [-0.39, 0.29) is 11.9 Å². The Kier molecular flexibility index (Phi) is 5.14. The topological polar surface area (TPSA) is 143 Å². The van der Waals surface area contributed by atoms with Crippen LogP contribution >= 0.6 is 0 Å². The number of nitrogens with two attached hydrogens (primary N) is 1. The summed E-state index contributed by atoms with van der Waals surface area (Å²) < 4.78 is 3.91. The number of hydrogen-bond donors (Lipinski definition) is 3. The maximum absolute atomic E-state index is 11.9. The summed E-state index contributed by atoms with van der Waals surface area (Å²) in [4.78, 5) is 30.8. The van der Waals surface area contributed by atoms with E-state index < -0.39 is 6.61 Å². The summed E-state index contributed by atoms with van der Waals surface area (Å²) in [5, 5.41) is 14.6. The first kappa shape index (κ1) is 21.5. The largest absolute Gasteiger partial charge is 0.387 e. The SMILES string of the molecule is Cc1cn(C2CCN(C(=O)CO)CC2)c2nc3c(C4=CCC(c5ncc[nH]5)=NC4)cnn3c(N)c12. The number of aromatic nitrogens is 6. The standard InChI is InChI=1S/C24H27N9O2/c1-14-12-32(16-4-8-31(9-5-16)19(35)13-34)24-20(14)21(25)33-23(30-24)17(11-29-33)15-2-3-18(28-10-15)22-26-6-7-27-22/h2,6-7,11-12,16,34H,3-5,8-10,13,25H2,1H3,(H,26,27). The van der Waals surface area contributed by atoms with Crippen LogP contribution in [0.25, 0.3) is 22.3 Å². The number of anilines is 1. The normalized spacial score (nSPS) is 17.3. The molecule has 11 nitrogen and oxygen atoms in total. The number of carbonyl (C=O) groups excluding carboxylic acids is 1. The number of fused-ring (bicyclic) bond motifs is 2. The molecule has 0 bridgehead atoms. The monoisotopic (exact) mass is 473 g/mol. The summed E-state index contributed by atoms with van der Waals surface area (Å²) in [6, 6.07) is 0.198. The predicted octanol–water partition coefficient (Wildman–Crippen LogP) is 1.73. The summed E-state index contributed by atoms with van der Waals surface area (Å²) in [6.07, 6.45) is 11.9. The predicted molar refractivity (Wildman–Crippen MR) is 132 cm³/mol. The highest BCUT2D eigenvalue weighted by Gasteiger charge is 2.27. The van der Waals surface area contributed by atoms with E-state index in [0.29, 0.717) is 37.5 Å². The Labute approximate surface area is 201 Å². The van der Waals surface area contributed by atoms with E-state index in [2.05, 4.69) is 31.9 Å². The first-order valence-corrected chi connectivity index (χ1v) is 11.8. The van der Waals surface area contributed by atoms with Gasteiger partial charge in [-0.2, -0.15) is 9.61 Å². The van der Waals surface area contributed by atoms with Crippen molar-refractivity contribution in [2.75, 3.05) is 32.0 Å². The molecule has 0 unspecified atom stereocenters. The van der Waals surface area contributed by atoms with Gasteiger partial charge in [0.15, 0.2) is 11.5 Å². The number of aliphatic hydroxyl groups excluding tert-OH is 1. The Hall–Kier alpha value is -3.99. The van der Waals surface area contributed by atoms with Crippen LogP contribution in [0.5, 0.6) is 0 Å². The van der Waals surface area contributed by atoms with Gasteiger partial charge in [0.2, 0.25) is 5.91 Å². The quantitative estimate of drug-likeness (QED) is 0.412. The Morgan fingerprint density at radius 1 is 1.29 bits per heavy atom. The van der Waals surface area contributed by atoms with Crippen molar-refractivity contribution in [1.29, 1.82) is 0 Å². The minimum atomic E-state index is -0.445. The first-order valence-electron chi connectivity index (χ1n) is 11.8. The number of piperidine rings is 1. The molecule has 4 N–H and O–H groups in total. The van der Waals surface area contributed by atoms with Crippen molar-refractivity contribution < 1.29 is 9.90 Å². The van der Waals surface area contributed by atoms with E-state index in [4.69, 9.17) is 15.7 Å². The number of dihydropyridines is 1. The fraction of sp³-hybridized carbons (Fsp3) is 0.375. The highest BCUT2D eigenvalue weighted by Crippen LogP contribution is 2.34. The number of imidazole rings is 1. The number of likely N-dealkylation sites (tertiary alicyclic amines) is 1. The molecular formula is C24H27N9O2. The lowest BCUT2D eigenvalue weighted by Gasteiger charge is -2.32. The minimum absolute atomic E-state index is 0.198. The molecule has 35 heavy (non-hydrogen) atoms. The number of aliphatic imine (C=N–C) groups is 1. The van der Waals surface area contributed by atoms with Gasteiger partial charge < -0.3 is 25.3 Å². The van der Waals surface area contributed by atoms with Gasteiger partial charge in [-0.1, -0.05) is 6.08 Å². The van der Waals surface area contributed by atoms with Crippen LogP contribution in [0.4, 0.5) is 5.82 Å². The van der Waals surface area contributed by atoms with Gasteiger partial charge in [0.25, 0.3) is 0 Å². The van der Waals surface area contributed by atoms with E-state index in [1.165, 1.54) is 0 Å². The van der Waals surface area contributed by atoms with Gasteiger partial charge in [0.05, 0.1) is 23.8 Å². The molecule has 2 aliphatic heterocycles. The third kappa shape index (κ3) is 3.50. The van der Waals surface area contributed by atoms with Crippen LogP contribution in [0.15, 0.2) is 35.9 Å². The maximum atomic E-state index is 11.9. The molecular weight excluding hydrogens is 446 g/mol. The fourth-order valence-electron chi connectivity index (χ4n) is 5.22. The highest BCUT2D eigenvalue weighted by molar-refractivity contribution is 6.01. The lowest BCUT2D eigenvalue weighted by atomic mass is 10.0. The molecule has 2 aliphatic rings. The smallest absolute Gasteiger partial charge is 0.248 e. The second-order valence-corrected chi connectivity index (χ2v) is 9.11. The van der Waals surface area contributed by atoms with E-state index in [1.54, 1.807) is 21.8 Å². The van der Waals surface area contributed by atoms with Crippen LogP contribution in [0.1, 0.15) is 42.3 Å². The molecule has 6 heterocycles. The molecule has 1 saturated heterocycles. The second-order valence-electron chi connectivity index (χ2n) is 9.11. The molecule has 0 saturated carbocycles. The fourth-order valence-corrected chi connectivity index (χ4v) is 5.22. The molecule has 1 fully saturated rings. The highest BCUT2D eigenvalue weighted by atomic mass is 16.3. The van der Waals surface area contributed by atoms with Crippen LogP contribution < -0.4 is 5.73 Å². The van der Waals surface area contributed by atoms with Crippen molar-refractivity contribution in [2.45, 2.75) is 32.2 Å². The average Bonchev–Trinajstić information content (AvgIpc) is 3.64. The van der Waals surface area contributed by atoms with Crippen LogP contribution in [0.2, 0.25) is 0 Å². The van der Waals surface area contributed by atoms with Crippen molar-refractivity contribution in [1.82, 2.24) is 34.0 Å². The van der Waals surface area contributed by atoms with Gasteiger partial charge in [0, 0.05) is 49.7 Å². The van der Waals surface area contributed by atoms with Crippen LogP contribution in [-0.2, 0) is 4.79 Å². The Morgan fingerprint density at radius 2 is 2.11 bits per heavy atom. The number of aliphatic hydroxyl groups is 1. The lowest BCUT2D eigenvalue weighted by molar-refractivity contribution is -0.135. The molecule has 180 valence electrons. The zero-order chi connectivity index (χ0) is 24.1. The van der Waals surface area contributed by atoms with Gasteiger partial charge in [-0.3, -0.25) is 9.79 Å². The molecule has 1 amide bonds. The van der Waals surface area contributed by atoms with Gasteiger partial charge in [-0.15, -0.1) is 0 Å². The third-order valence-corrected chi connectivity index (χ3v) is 7.08. The second kappa shape index (κ2) is 8.35. The molecule has 11 heteroatoms. The van der Waals surface area contributed by atoms with Crippen molar-refractivity contribution >= 4 is 39.7 Å². The number of hydrogen-bond acceptors (Lipinski definition) is 7. The number of amides is 1. The number of H-pyrrole nitrogens is 1. The van der Waals surface area contributed by atoms with Gasteiger partial charge in [-0.05, 0) is 30.9 Å². The lowest BCUT2D eigenvalue weighted by Crippen LogP contribution is -2.40. The zero-order valence-electron chi connectivity index (χ0n) is 19.5. The summed E-state index contributed by atoms with van der Waals surface area (Å²) in [6.45, 7) is 3.34. The van der Waals surface area contributed by atoms with Crippen molar-refractivity contribution in [3.63, 3.8) is 0 Å². The molecule has 6 rings (SSSR count). The minimum Gasteiger partial charge on any atom is -0.387 e. The van der Waals surface area contributed by atoms with E-state index >= 15 is 0 Å². The molecule has 4 aromatic rings. The van der Waals surface area contributed by atoms with Crippen LogP contribution in [0.3, 0.4) is 0 Å². The molecule has 0 aromatic carbocycles. The summed E-state index contributed by atoms with van der Waals surface area (Å²) in [7, 11) is 0. The number of aryl methyl sites for hydroxylation is 1. The van der Waals surface area contributed by atoms with Gasteiger partial charge >= 0.3 is 0 Å². The average molecular weight is 474 g/mol. The zero-order valence-corrected chi connectivity index (χ0v) is 19.5. The van der Waals surface area contributed by atoms with E-state index in [9.17, 15) is 9.90 Å². The molecule has 0 atom stereocenters. The Balaban J connectivity index is 1.36. The number of aromatic amines is 1. The molecule has 4 aromatic heterocycles.